The molecular formula is C21H17N5O4. The maximum atomic E-state index is 11.6. The minimum Gasteiger partial charge on any atom is -0.496 e. The molecule has 0 aliphatic heterocycles. The second kappa shape index (κ2) is 8.39. The number of hydrogen-bond acceptors (Lipinski definition) is 8. The Morgan fingerprint density at radius 3 is 2.73 bits per heavy atom. The molecule has 30 heavy (non-hydrogen) atoms. The highest BCUT2D eigenvalue weighted by Gasteiger charge is 2.19. The van der Waals surface area contributed by atoms with Crippen molar-refractivity contribution in [1.29, 1.82) is 0 Å². The van der Waals surface area contributed by atoms with Crippen molar-refractivity contribution in [2.45, 2.75) is 6.54 Å². The normalized spacial score (nSPS) is 10.6. The van der Waals surface area contributed by atoms with E-state index < -0.39 is 4.92 Å². The zero-order valence-corrected chi connectivity index (χ0v) is 16.0. The van der Waals surface area contributed by atoms with Gasteiger partial charge in [0.05, 0.1) is 12.0 Å². The molecule has 2 aromatic heterocycles. The molecule has 4 rings (SSSR count). The van der Waals surface area contributed by atoms with Gasteiger partial charge in [0.1, 0.15) is 17.1 Å². The minimum atomic E-state index is -0.454. The van der Waals surface area contributed by atoms with Gasteiger partial charge in [0.15, 0.2) is 0 Å². The lowest BCUT2D eigenvalue weighted by Gasteiger charge is -2.11. The highest BCUT2D eigenvalue weighted by molar-refractivity contribution is 5.70. The highest BCUT2D eigenvalue weighted by Crippen LogP contribution is 2.31. The third-order valence-corrected chi connectivity index (χ3v) is 4.42. The number of benzene rings is 2. The summed E-state index contributed by atoms with van der Waals surface area (Å²) in [6, 6.07) is 17.5. The lowest BCUT2D eigenvalue weighted by atomic mass is 10.1. The summed E-state index contributed by atoms with van der Waals surface area (Å²) in [7, 11) is 1.58. The average Bonchev–Trinajstić information content (AvgIpc) is 3.28. The van der Waals surface area contributed by atoms with Crippen LogP contribution in [0.15, 0.2) is 71.4 Å². The number of aromatic nitrogens is 3. The second-order valence-corrected chi connectivity index (χ2v) is 6.29. The first kappa shape index (κ1) is 19.1. The first-order chi connectivity index (χ1) is 14.7. The number of methoxy groups -OCH3 is 1. The van der Waals surface area contributed by atoms with Crippen LogP contribution in [0.3, 0.4) is 0 Å². The maximum Gasteiger partial charge on any atom is 0.293 e. The number of ether oxygens (including phenoxy) is 1. The van der Waals surface area contributed by atoms with E-state index in [4.69, 9.17) is 9.26 Å². The van der Waals surface area contributed by atoms with Gasteiger partial charge in [0, 0.05) is 29.9 Å². The van der Waals surface area contributed by atoms with Gasteiger partial charge >= 0.3 is 0 Å². The van der Waals surface area contributed by atoms with Crippen molar-refractivity contribution >= 4 is 11.4 Å². The molecule has 0 aliphatic carbocycles. The average molecular weight is 403 g/mol. The number of anilines is 1. The van der Waals surface area contributed by atoms with Crippen LogP contribution in [0.2, 0.25) is 0 Å². The number of hydrogen-bond donors (Lipinski definition) is 1. The quantitative estimate of drug-likeness (QED) is 0.358. The molecule has 9 heteroatoms. The van der Waals surface area contributed by atoms with E-state index in [2.05, 4.69) is 20.4 Å². The fraction of sp³-hybridized carbons (Fsp3) is 0.0952. The van der Waals surface area contributed by atoms with Crippen molar-refractivity contribution in [1.82, 2.24) is 15.1 Å². The van der Waals surface area contributed by atoms with Gasteiger partial charge in [-0.1, -0.05) is 29.4 Å². The number of nitro benzene ring substituents is 1. The molecule has 150 valence electrons. The standard InChI is InChI=1S/C21H17N5O4/c1-29-19-8-3-2-6-15(19)13-23-16-10-9-14(12-18(16)26(27)28)21-24-20(25-30-21)17-7-4-5-11-22-17/h2-12,23H,13H2,1H3. The Labute approximate surface area is 171 Å². The number of rotatable bonds is 7. The molecular weight excluding hydrogens is 386 g/mol. The smallest absolute Gasteiger partial charge is 0.293 e. The number of para-hydroxylation sites is 1. The highest BCUT2D eigenvalue weighted by atomic mass is 16.6. The predicted octanol–water partition coefficient (Wildman–Crippen LogP) is 4.33. The number of nitrogens with one attached hydrogen (secondary N) is 1. The first-order valence-electron chi connectivity index (χ1n) is 9.05. The predicted molar refractivity (Wildman–Crippen MR) is 110 cm³/mol. The molecule has 0 spiro atoms. The monoisotopic (exact) mass is 403 g/mol. The van der Waals surface area contributed by atoms with Crippen molar-refractivity contribution < 1.29 is 14.2 Å². The van der Waals surface area contributed by atoms with Gasteiger partial charge in [-0.3, -0.25) is 15.1 Å². The van der Waals surface area contributed by atoms with Crippen LogP contribution in [0, 0.1) is 10.1 Å². The molecule has 0 aliphatic rings. The van der Waals surface area contributed by atoms with E-state index in [-0.39, 0.29) is 11.6 Å². The summed E-state index contributed by atoms with van der Waals surface area (Å²) in [5.41, 5.74) is 2.16. The van der Waals surface area contributed by atoms with Gasteiger partial charge in [-0.05, 0) is 30.3 Å². The van der Waals surface area contributed by atoms with E-state index in [0.717, 1.165) is 5.56 Å². The Hall–Kier alpha value is -4.27. The van der Waals surface area contributed by atoms with Gasteiger partial charge in [0.25, 0.3) is 11.6 Å². The van der Waals surface area contributed by atoms with Crippen LogP contribution in [0.1, 0.15) is 5.56 Å². The topological polar surface area (TPSA) is 116 Å². The first-order valence-corrected chi connectivity index (χ1v) is 9.05. The van der Waals surface area contributed by atoms with Crippen molar-refractivity contribution in [3.05, 3.63) is 82.5 Å². The summed E-state index contributed by atoms with van der Waals surface area (Å²) in [5, 5.41) is 18.6. The molecule has 2 heterocycles. The van der Waals surface area contributed by atoms with Crippen molar-refractivity contribution in [2.24, 2.45) is 0 Å². The summed E-state index contributed by atoms with van der Waals surface area (Å²) >= 11 is 0. The maximum absolute atomic E-state index is 11.6. The molecule has 9 nitrogen and oxygen atoms in total. The third kappa shape index (κ3) is 3.95. The largest absolute Gasteiger partial charge is 0.496 e. The molecule has 0 atom stereocenters. The van der Waals surface area contributed by atoms with Crippen LogP contribution >= 0.6 is 0 Å². The zero-order valence-electron chi connectivity index (χ0n) is 16.0. The van der Waals surface area contributed by atoms with Crippen molar-refractivity contribution in [3.8, 4) is 28.7 Å². The van der Waals surface area contributed by atoms with E-state index in [0.29, 0.717) is 35.1 Å². The molecule has 2 aromatic carbocycles. The van der Waals surface area contributed by atoms with Crippen LogP contribution in [0.4, 0.5) is 11.4 Å². The summed E-state index contributed by atoms with van der Waals surface area (Å²) < 4.78 is 10.6. The Kier molecular flexibility index (Phi) is 5.33. The van der Waals surface area contributed by atoms with Crippen LogP contribution in [-0.4, -0.2) is 27.2 Å². The van der Waals surface area contributed by atoms with E-state index >= 15 is 0 Å². The lowest BCUT2D eigenvalue weighted by molar-refractivity contribution is -0.383. The van der Waals surface area contributed by atoms with E-state index in [1.54, 1.807) is 37.6 Å². The van der Waals surface area contributed by atoms with Crippen molar-refractivity contribution in [2.75, 3.05) is 12.4 Å². The van der Waals surface area contributed by atoms with Crippen LogP contribution in [0.5, 0.6) is 5.75 Å². The van der Waals surface area contributed by atoms with Gasteiger partial charge in [-0.25, -0.2) is 0 Å². The summed E-state index contributed by atoms with van der Waals surface area (Å²) in [5.74, 6) is 1.19. The number of nitro groups is 1. The Morgan fingerprint density at radius 1 is 1.13 bits per heavy atom. The fourth-order valence-corrected chi connectivity index (χ4v) is 2.94. The number of nitrogens with zero attached hydrogens (tertiary/aromatic N) is 4. The minimum absolute atomic E-state index is 0.0972. The molecule has 0 saturated carbocycles. The van der Waals surface area contributed by atoms with Gasteiger partial charge in [0.2, 0.25) is 5.82 Å². The van der Waals surface area contributed by atoms with Gasteiger partial charge in [-0.15, -0.1) is 0 Å². The van der Waals surface area contributed by atoms with E-state index in [1.807, 2.05) is 30.3 Å². The number of pyridine rings is 1. The SMILES string of the molecule is COc1ccccc1CNc1ccc(-c2nc(-c3ccccn3)no2)cc1[N+](=O)[O-]. The van der Waals surface area contributed by atoms with E-state index in [1.165, 1.54) is 6.07 Å². The molecule has 0 radical (unpaired) electrons. The Morgan fingerprint density at radius 2 is 1.97 bits per heavy atom. The van der Waals surface area contributed by atoms with Gasteiger partial charge in [-0.2, -0.15) is 4.98 Å². The molecule has 4 aromatic rings. The molecule has 1 N–H and O–H groups in total. The molecule has 0 fully saturated rings. The van der Waals surface area contributed by atoms with Crippen LogP contribution in [0.25, 0.3) is 23.0 Å². The Balaban J connectivity index is 1.59. The summed E-state index contributed by atoms with van der Waals surface area (Å²) in [4.78, 5) is 19.6. The zero-order chi connectivity index (χ0) is 20.9. The van der Waals surface area contributed by atoms with Gasteiger partial charge < -0.3 is 14.6 Å². The summed E-state index contributed by atoms with van der Waals surface area (Å²) in [6.07, 6.45) is 1.62. The molecule has 0 amide bonds. The van der Waals surface area contributed by atoms with E-state index in [9.17, 15) is 10.1 Å². The molecule has 0 saturated heterocycles. The molecule has 0 bridgehead atoms. The summed E-state index contributed by atoms with van der Waals surface area (Å²) in [6.45, 7) is 0.370. The Bertz CT molecular complexity index is 1180. The third-order valence-electron chi connectivity index (χ3n) is 4.42. The fourth-order valence-electron chi connectivity index (χ4n) is 2.94. The van der Waals surface area contributed by atoms with Crippen LogP contribution < -0.4 is 10.1 Å². The van der Waals surface area contributed by atoms with Crippen LogP contribution in [-0.2, 0) is 6.54 Å². The second-order valence-electron chi connectivity index (χ2n) is 6.29. The van der Waals surface area contributed by atoms with Crippen molar-refractivity contribution in [3.63, 3.8) is 0 Å². The molecule has 0 unspecified atom stereocenters. The lowest BCUT2D eigenvalue weighted by Crippen LogP contribution is -2.04.